The van der Waals surface area contributed by atoms with Crippen LogP contribution in [0.25, 0.3) is 0 Å². The third-order valence-electron chi connectivity index (χ3n) is 6.62. The first kappa shape index (κ1) is 24.5. The maximum Gasteiger partial charge on any atom is 0.238 e. The van der Waals surface area contributed by atoms with Crippen molar-refractivity contribution in [3.8, 4) is 6.07 Å². The second kappa shape index (κ2) is 11.5. The summed E-state index contributed by atoms with van der Waals surface area (Å²) in [6.07, 6.45) is 14.1. The molecule has 0 aromatic carbocycles. The zero-order chi connectivity index (χ0) is 17.7. The fraction of sp³-hybridized carbons (Fsp3) is 0.900. The number of nitrogens with one attached hydrogen (secondary N) is 1. The zero-order valence-corrected chi connectivity index (χ0v) is 18.0. The number of nitriles is 1. The Balaban J connectivity index is 0.00000182. The number of hydrogen-bond donors (Lipinski definition) is 2. The topological polar surface area (TPSA) is 82.1 Å². The van der Waals surface area contributed by atoms with E-state index in [1.165, 1.54) is 64.2 Å². The monoisotopic (exact) mass is 418 g/mol. The molecule has 1 amide bonds. The first-order chi connectivity index (χ1) is 12.1. The van der Waals surface area contributed by atoms with Gasteiger partial charge >= 0.3 is 0 Å². The van der Waals surface area contributed by atoms with Crippen LogP contribution in [0.15, 0.2) is 0 Å². The van der Waals surface area contributed by atoms with E-state index >= 15 is 0 Å². The first-order valence-electron chi connectivity index (χ1n) is 10.3. The Kier molecular flexibility index (Phi) is 10.4. The van der Waals surface area contributed by atoms with Gasteiger partial charge in [0.25, 0.3) is 0 Å². The van der Waals surface area contributed by atoms with Crippen LogP contribution in [-0.2, 0) is 4.79 Å². The molecule has 7 heteroatoms. The average molecular weight is 419 g/mol. The van der Waals surface area contributed by atoms with E-state index in [9.17, 15) is 10.1 Å². The average Bonchev–Trinajstić information content (AvgIpc) is 3.08. The van der Waals surface area contributed by atoms with Gasteiger partial charge in [-0.2, -0.15) is 5.26 Å². The number of carbonyl (C=O) groups is 1. The highest BCUT2D eigenvalue weighted by atomic mass is 35.5. The van der Waals surface area contributed by atoms with Crippen LogP contribution in [0.3, 0.4) is 0 Å². The minimum atomic E-state index is -0.737. The molecule has 0 aromatic rings. The fourth-order valence-corrected chi connectivity index (χ4v) is 5.04. The summed E-state index contributed by atoms with van der Waals surface area (Å²) in [4.78, 5) is 15.0. The predicted molar refractivity (Wildman–Crippen MR) is 113 cm³/mol. The molecule has 2 saturated carbocycles. The Bertz CT molecular complexity index is 501. The van der Waals surface area contributed by atoms with E-state index < -0.39 is 11.6 Å². The van der Waals surface area contributed by atoms with Gasteiger partial charge in [0.15, 0.2) is 0 Å². The lowest BCUT2D eigenvalue weighted by molar-refractivity contribution is -0.124. The van der Waals surface area contributed by atoms with Gasteiger partial charge in [-0.25, -0.2) is 0 Å². The Morgan fingerprint density at radius 3 is 2.30 bits per heavy atom. The lowest BCUT2D eigenvalue weighted by atomic mass is 9.84. The minimum Gasteiger partial charge on any atom is -0.335 e. The van der Waals surface area contributed by atoms with Gasteiger partial charge in [-0.1, -0.05) is 51.4 Å². The number of hydrogen-bond acceptors (Lipinski definition) is 4. The second-order valence-corrected chi connectivity index (χ2v) is 8.54. The summed E-state index contributed by atoms with van der Waals surface area (Å²) in [5.41, 5.74) is 5.44. The molecule has 1 aliphatic heterocycles. The van der Waals surface area contributed by atoms with Crippen LogP contribution < -0.4 is 11.1 Å². The largest absolute Gasteiger partial charge is 0.335 e. The highest BCUT2D eigenvalue weighted by Crippen LogP contribution is 2.30. The van der Waals surface area contributed by atoms with Crippen LogP contribution >= 0.6 is 24.8 Å². The van der Waals surface area contributed by atoms with Crippen molar-refractivity contribution < 1.29 is 4.79 Å². The van der Waals surface area contributed by atoms with Crippen LogP contribution in [0.2, 0.25) is 0 Å². The number of halogens is 2. The highest BCUT2D eigenvalue weighted by Gasteiger charge is 2.42. The van der Waals surface area contributed by atoms with E-state index in [4.69, 9.17) is 5.73 Å². The number of likely N-dealkylation sites (tertiary alicyclic amines) is 1. The molecule has 0 bridgehead atoms. The van der Waals surface area contributed by atoms with E-state index in [2.05, 4.69) is 16.3 Å². The van der Waals surface area contributed by atoms with Crippen LogP contribution in [-0.4, -0.2) is 41.5 Å². The van der Waals surface area contributed by atoms with Crippen molar-refractivity contribution in [1.82, 2.24) is 10.2 Å². The fourth-order valence-electron chi connectivity index (χ4n) is 5.04. The second-order valence-electron chi connectivity index (χ2n) is 8.54. The Morgan fingerprint density at radius 2 is 1.70 bits per heavy atom. The molecule has 1 saturated heterocycles. The third-order valence-corrected chi connectivity index (χ3v) is 6.62. The molecule has 2 unspecified atom stereocenters. The first-order valence-corrected chi connectivity index (χ1v) is 10.3. The maximum absolute atomic E-state index is 12.6. The van der Waals surface area contributed by atoms with Crippen molar-refractivity contribution in [1.29, 1.82) is 5.26 Å². The van der Waals surface area contributed by atoms with Crippen LogP contribution in [0.4, 0.5) is 0 Å². The van der Waals surface area contributed by atoms with Crippen LogP contribution in [0, 0.1) is 17.2 Å². The Morgan fingerprint density at radius 1 is 1.11 bits per heavy atom. The summed E-state index contributed by atoms with van der Waals surface area (Å²) < 4.78 is 0. The van der Waals surface area contributed by atoms with Gasteiger partial charge in [0.2, 0.25) is 5.91 Å². The number of nitrogens with zero attached hydrogens (tertiary/aromatic N) is 2. The number of rotatable bonds is 5. The number of nitrogens with two attached hydrogens (primary N) is 1. The molecule has 3 aliphatic rings. The molecule has 27 heavy (non-hydrogen) atoms. The number of carbonyl (C=O) groups excluding carboxylic acids is 1. The van der Waals surface area contributed by atoms with Gasteiger partial charge in [0, 0.05) is 19.1 Å². The van der Waals surface area contributed by atoms with Crippen molar-refractivity contribution >= 4 is 30.7 Å². The van der Waals surface area contributed by atoms with E-state index in [0.29, 0.717) is 18.5 Å². The van der Waals surface area contributed by atoms with E-state index in [0.717, 1.165) is 19.4 Å². The molecule has 156 valence electrons. The van der Waals surface area contributed by atoms with Gasteiger partial charge in [0.05, 0.1) is 12.1 Å². The van der Waals surface area contributed by atoms with Crippen molar-refractivity contribution in [2.24, 2.45) is 11.7 Å². The van der Waals surface area contributed by atoms with Gasteiger partial charge < -0.3 is 11.1 Å². The standard InChI is InChI=1S/C20H34N4O.2ClH/c21-14-20(11-12-24(15-20)17-9-5-2-6-10-17)23-19(25)18(22)13-16-7-3-1-4-8-16;;/h16-18H,1-13,15,22H2,(H,23,25);2*1H. The Labute approximate surface area is 176 Å². The molecule has 0 radical (unpaired) electrons. The maximum atomic E-state index is 12.6. The minimum absolute atomic E-state index is 0. The van der Waals surface area contributed by atoms with Gasteiger partial charge in [-0.3, -0.25) is 9.69 Å². The van der Waals surface area contributed by atoms with Gasteiger partial charge in [-0.05, 0) is 31.6 Å². The summed E-state index contributed by atoms with van der Waals surface area (Å²) in [5, 5.41) is 12.8. The molecule has 3 fully saturated rings. The highest BCUT2D eigenvalue weighted by molar-refractivity contribution is 5.85. The van der Waals surface area contributed by atoms with Crippen molar-refractivity contribution in [3.05, 3.63) is 0 Å². The third kappa shape index (κ3) is 6.49. The van der Waals surface area contributed by atoms with Gasteiger partial charge in [0.1, 0.15) is 5.54 Å². The van der Waals surface area contributed by atoms with E-state index in [-0.39, 0.29) is 30.7 Å². The molecule has 2 atom stereocenters. The predicted octanol–water partition coefficient (Wildman–Crippen LogP) is 3.54. The molecule has 0 aromatic heterocycles. The smallest absolute Gasteiger partial charge is 0.238 e. The molecule has 2 aliphatic carbocycles. The molecular weight excluding hydrogens is 383 g/mol. The van der Waals surface area contributed by atoms with E-state index in [1.807, 2.05) is 0 Å². The molecule has 5 nitrogen and oxygen atoms in total. The van der Waals surface area contributed by atoms with Gasteiger partial charge in [-0.15, -0.1) is 24.8 Å². The molecule has 3 N–H and O–H groups in total. The molecular formula is C20H36Cl2N4O. The Hall–Kier alpha value is -0.540. The lowest BCUT2D eigenvalue weighted by Crippen LogP contribution is -2.55. The van der Waals surface area contributed by atoms with Crippen molar-refractivity contribution in [3.63, 3.8) is 0 Å². The van der Waals surface area contributed by atoms with Crippen molar-refractivity contribution in [2.75, 3.05) is 13.1 Å². The molecule has 0 spiro atoms. The zero-order valence-electron chi connectivity index (χ0n) is 16.3. The SMILES string of the molecule is Cl.Cl.N#CC1(NC(=O)C(N)CC2CCCCC2)CCN(C2CCCCC2)C1. The number of amides is 1. The lowest BCUT2D eigenvalue weighted by Gasteiger charge is -2.32. The van der Waals surface area contributed by atoms with Crippen LogP contribution in [0.5, 0.6) is 0 Å². The normalized spacial score (nSPS) is 28.4. The summed E-state index contributed by atoms with van der Waals surface area (Å²) in [6.45, 7) is 1.58. The summed E-state index contributed by atoms with van der Waals surface area (Å²) >= 11 is 0. The summed E-state index contributed by atoms with van der Waals surface area (Å²) in [5.74, 6) is 0.451. The summed E-state index contributed by atoms with van der Waals surface area (Å²) in [7, 11) is 0. The summed E-state index contributed by atoms with van der Waals surface area (Å²) in [6, 6.07) is 2.53. The molecule has 3 rings (SSSR count). The van der Waals surface area contributed by atoms with Crippen molar-refractivity contribution in [2.45, 2.75) is 94.7 Å². The quantitative estimate of drug-likeness (QED) is 0.714. The molecule has 1 heterocycles. The van der Waals surface area contributed by atoms with E-state index in [1.54, 1.807) is 0 Å². The van der Waals surface area contributed by atoms with Crippen LogP contribution in [0.1, 0.15) is 77.0 Å².